The molecule has 0 heterocycles. The molecule has 4 nitrogen and oxygen atoms in total. The number of benzene rings is 1. The lowest BCUT2D eigenvalue weighted by atomic mass is 10.1. The monoisotopic (exact) mass is 248 g/mol. The summed E-state index contributed by atoms with van der Waals surface area (Å²) in [6.45, 7) is 4.36. The highest BCUT2D eigenvalue weighted by molar-refractivity contribution is 5.92. The fourth-order valence-corrected chi connectivity index (χ4v) is 1.86. The number of nitrogens with one attached hydrogen (secondary N) is 2. The van der Waals surface area contributed by atoms with E-state index in [1.165, 1.54) is 12.8 Å². The fourth-order valence-electron chi connectivity index (χ4n) is 1.86. The van der Waals surface area contributed by atoms with E-state index in [1.807, 2.05) is 13.0 Å². The molecule has 0 radical (unpaired) electrons. The Labute approximate surface area is 107 Å². The second kappa shape index (κ2) is 5.40. The van der Waals surface area contributed by atoms with Gasteiger partial charge in [-0.2, -0.15) is 0 Å². The summed E-state index contributed by atoms with van der Waals surface area (Å²) in [6.07, 6.45) is 2.92. The van der Waals surface area contributed by atoms with Gasteiger partial charge in [0.25, 0.3) is 0 Å². The van der Waals surface area contributed by atoms with Gasteiger partial charge in [-0.25, -0.2) is 0 Å². The number of carbonyl (C=O) groups is 1. The van der Waals surface area contributed by atoms with Gasteiger partial charge in [0.1, 0.15) is 5.75 Å². The van der Waals surface area contributed by atoms with Crippen LogP contribution in [0.5, 0.6) is 5.75 Å². The zero-order chi connectivity index (χ0) is 13.1. The quantitative estimate of drug-likeness (QED) is 0.747. The van der Waals surface area contributed by atoms with Gasteiger partial charge < -0.3 is 15.7 Å². The van der Waals surface area contributed by atoms with E-state index in [-0.39, 0.29) is 11.7 Å². The zero-order valence-corrected chi connectivity index (χ0v) is 10.9. The molecule has 98 valence electrons. The molecule has 0 bridgehead atoms. The molecule has 0 atom stereocenters. The number of rotatable bonds is 5. The molecule has 1 saturated carbocycles. The number of aromatic hydroxyl groups is 1. The van der Waals surface area contributed by atoms with Crippen LogP contribution in [0.3, 0.4) is 0 Å². The average Bonchev–Trinajstić information content (AvgIpc) is 3.14. The van der Waals surface area contributed by atoms with Crippen molar-refractivity contribution in [1.82, 2.24) is 5.32 Å². The molecule has 1 aromatic carbocycles. The maximum atomic E-state index is 11.7. The van der Waals surface area contributed by atoms with Crippen molar-refractivity contribution < 1.29 is 9.90 Å². The molecule has 1 aliphatic carbocycles. The van der Waals surface area contributed by atoms with Crippen LogP contribution in [0.1, 0.15) is 30.4 Å². The molecular weight excluding hydrogens is 228 g/mol. The second-order valence-electron chi connectivity index (χ2n) is 4.93. The lowest BCUT2D eigenvalue weighted by Gasteiger charge is -2.11. The molecule has 2 rings (SSSR count). The first-order chi connectivity index (χ1) is 8.58. The Morgan fingerprint density at radius 2 is 2.11 bits per heavy atom. The standard InChI is InChI=1S/C14H20N2O2/c1-9-3-6-12(10(2)14(9)18)16-13(17)7-8-15-11-4-5-11/h3,6,11,15,18H,4-5,7-8H2,1-2H3,(H,16,17). The predicted molar refractivity (Wildman–Crippen MR) is 71.9 cm³/mol. The van der Waals surface area contributed by atoms with Crippen molar-refractivity contribution in [1.29, 1.82) is 0 Å². The molecular formula is C14H20N2O2. The maximum absolute atomic E-state index is 11.7. The first-order valence-corrected chi connectivity index (χ1v) is 6.40. The van der Waals surface area contributed by atoms with Crippen LogP contribution in [-0.4, -0.2) is 23.6 Å². The van der Waals surface area contributed by atoms with Gasteiger partial charge in [0.2, 0.25) is 5.91 Å². The van der Waals surface area contributed by atoms with Crippen LogP contribution < -0.4 is 10.6 Å². The summed E-state index contributed by atoms with van der Waals surface area (Å²) in [5.74, 6) is 0.235. The molecule has 0 saturated heterocycles. The molecule has 0 spiro atoms. The third-order valence-electron chi connectivity index (χ3n) is 3.27. The number of hydrogen-bond donors (Lipinski definition) is 3. The number of carbonyl (C=O) groups excluding carboxylic acids is 1. The minimum absolute atomic E-state index is 0.0190. The lowest BCUT2D eigenvalue weighted by Crippen LogP contribution is -2.23. The van der Waals surface area contributed by atoms with E-state index in [1.54, 1.807) is 13.0 Å². The highest BCUT2D eigenvalue weighted by Gasteiger charge is 2.20. The van der Waals surface area contributed by atoms with Gasteiger partial charge in [0.15, 0.2) is 0 Å². The van der Waals surface area contributed by atoms with Crippen LogP contribution in [0.2, 0.25) is 0 Å². The smallest absolute Gasteiger partial charge is 0.225 e. The second-order valence-corrected chi connectivity index (χ2v) is 4.93. The third-order valence-corrected chi connectivity index (χ3v) is 3.27. The number of anilines is 1. The average molecular weight is 248 g/mol. The number of phenolic OH excluding ortho intramolecular Hbond substituents is 1. The summed E-state index contributed by atoms with van der Waals surface area (Å²) in [4.78, 5) is 11.7. The number of phenols is 1. The molecule has 4 heteroatoms. The van der Waals surface area contributed by atoms with Crippen LogP contribution in [-0.2, 0) is 4.79 Å². The topological polar surface area (TPSA) is 61.4 Å². The van der Waals surface area contributed by atoms with E-state index in [4.69, 9.17) is 0 Å². The Balaban J connectivity index is 1.87. The van der Waals surface area contributed by atoms with E-state index < -0.39 is 0 Å². The molecule has 1 amide bonds. The largest absolute Gasteiger partial charge is 0.507 e. The molecule has 1 aromatic rings. The van der Waals surface area contributed by atoms with Crippen molar-refractivity contribution in [2.75, 3.05) is 11.9 Å². The predicted octanol–water partition coefficient (Wildman–Crippen LogP) is 2.09. The fraction of sp³-hybridized carbons (Fsp3) is 0.500. The van der Waals surface area contributed by atoms with Gasteiger partial charge in [0.05, 0.1) is 0 Å². The Morgan fingerprint density at radius 1 is 1.39 bits per heavy atom. The Morgan fingerprint density at radius 3 is 2.78 bits per heavy atom. The normalized spacial score (nSPS) is 14.6. The molecule has 1 aliphatic rings. The van der Waals surface area contributed by atoms with Gasteiger partial charge >= 0.3 is 0 Å². The van der Waals surface area contributed by atoms with Crippen molar-refractivity contribution in [2.45, 2.75) is 39.2 Å². The van der Waals surface area contributed by atoms with E-state index in [0.29, 0.717) is 24.7 Å². The first-order valence-electron chi connectivity index (χ1n) is 6.40. The third kappa shape index (κ3) is 3.23. The van der Waals surface area contributed by atoms with E-state index in [9.17, 15) is 9.90 Å². The Hall–Kier alpha value is -1.55. The van der Waals surface area contributed by atoms with E-state index in [0.717, 1.165) is 11.1 Å². The highest BCUT2D eigenvalue weighted by Crippen LogP contribution is 2.28. The van der Waals surface area contributed by atoms with Crippen molar-refractivity contribution in [3.63, 3.8) is 0 Å². The molecule has 0 aliphatic heterocycles. The Kier molecular flexibility index (Phi) is 3.87. The van der Waals surface area contributed by atoms with Crippen molar-refractivity contribution >= 4 is 11.6 Å². The van der Waals surface area contributed by atoms with Crippen LogP contribution in [0.4, 0.5) is 5.69 Å². The summed E-state index contributed by atoms with van der Waals surface area (Å²) >= 11 is 0. The van der Waals surface area contributed by atoms with Crippen molar-refractivity contribution in [3.8, 4) is 5.75 Å². The number of amides is 1. The summed E-state index contributed by atoms with van der Waals surface area (Å²) in [5.41, 5.74) is 2.23. The number of aryl methyl sites for hydroxylation is 1. The maximum Gasteiger partial charge on any atom is 0.225 e. The summed E-state index contributed by atoms with van der Waals surface area (Å²) < 4.78 is 0. The SMILES string of the molecule is Cc1ccc(NC(=O)CCNC2CC2)c(C)c1O. The molecule has 0 aromatic heterocycles. The molecule has 0 unspecified atom stereocenters. The van der Waals surface area contributed by atoms with Crippen LogP contribution in [0.15, 0.2) is 12.1 Å². The molecule has 3 N–H and O–H groups in total. The summed E-state index contributed by atoms with van der Waals surface area (Å²) in [7, 11) is 0. The van der Waals surface area contributed by atoms with E-state index in [2.05, 4.69) is 10.6 Å². The van der Waals surface area contributed by atoms with Crippen molar-refractivity contribution in [3.05, 3.63) is 23.3 Å². The lowest BCUT2D eigenvalue weighted by molar-refractivity contribution is -0.116. The van der Waals surface area contributed by atoms with Gasteiger partial charge in [-0.3, -0.25) is 4.79 Å². The molecule has 18 heavy (non-hydrogen) atoms. The van der Waals surface area contributed by atoms with Gasteiger partial charge in [0, 0.05) is 30.3 Å². The minimum atomic E-state index is -0.0190. The zero-order valence-electron chi connectivity index (χ0n) is 10.9. The van der Waals surface area contributed by atoms with Gasteiger partial charge in [-0.15, -0.1) is 0 Å². The summed E-state index contributed by atoms with van der Waals surface area (Å²) in [6, 6.07) is 4.26. The van der Waals surface area contributed by atoms with E-state index >= 15 is 0 Å². The number of hydrogen-bond acceptors (Lipinski definition) is 3. The summed E-state index contributed by atoms with van der Waals surface area (Å²) in [5, 5.41) is 15.9. The van der Waals surface area contributed by atoms with Crippen LogP contribution in [0, 0.1) is 13.8 Å². The highest BCUT2D eigenvalue weighted by atomic mass is 16.3. The van der Waals surface area contributed by atoms with Gasteiger partial charge in [-0.05, 0) is 38.3 Å². The van der Waals surface area contributed by atoms with Crippen LogP contribution >= 0.6 is 0 Å². The first kappa shape index (κ1) is 12.9. The van der Waals surface area contributed by atoms with Crippen molar-refractivity contribution in [2.24, 2.45) is 0 Å². The van der Waals surface area contributed by atoms with Gasteiger partial charge in [-0.1, -0.05) is 6.07 Å². The molecule has 1 fully saturated rings. The Bertz CT molecular complexity index is 453. The minimum Gasteiger partial charge on any atom is -0.507 e. The van der Waals surface area contributed by atoms with Crippen LogP contribution in [0.25, 0.3) is 0 Å².